The molecule has 2 aromatic carbocycles. The van der Waals surface area contributed by atoms with Crippen molar-refractivity contribution < 1.29 is 23.8 Å². The Labute approximate surface area is 181 Å². The molecule has 1 aromatic heterocycles. The monoisotopic (exact) mass is 421 g/mol. The molecule has 0 saturated carbocycles. The van der Waals surface area contributed by atoms with E-state index < -0.39 is 5.97 Å². The predicted molar refractivity (Wildman–Crippen MR) is 120 cm³/mol. The topological polar surface area (TPSA) is 88.8 Å². The lowest BCUT2D eigenvalue weighted by atomic mass is 9.98. The van der Waals surface area contributed by atoms with E-state index in [-0.39, 0.29) is 11.5 Å². The van der Waals surface area contributed by atoms with Crippen LogP contribution >= 0.6 is 0 Å². The predicted octanol–water partition coefficient (Wildman–Crippen LogP) is 5.17. The second-order valence-electron chi connectivity index (χ2n) is 7.52. The summed E-state index contributed by atoms with van der Waals surface area (Å²) < 4.78 is 11.8. The first kappa shape index (κ1) is 22.2. The molecule has 0 bridgehead atoms. The van der Waals surface area contributed by atoms with Crippen molar-refractivity contribution in [1.29, 1.82) is 0 Å². The molecule has 0 saturated heterocycles. The van der Waals surface area contributed by atoms with Crippen molar-refractivity contribution in [1.82, 2.24) is 5.32 Å². The highest BCUT2D eigenvalue weighted by molar-refractivity contribution is 5.98. The van der Waals surface area contributed by atoms with Gasteiger partial charge in [-0.15, -0.1) is 0 Å². The molecule has 0 aliphatic heterocycles. The molecule has 0 unspecified atom stereocenters. The van der Waals surface area contributed by atoms with Gasteiger partial charge in [-0.2, -0.15) is 0 Å². The molecule has 0 aliphatic carbocycles. The summed E-state index contributed by atoms with van der Waals surface area (Å²) in [4.78, 5) is 23.5. The molecule has 6 heteroatoms. The van der Waals surface area contributed by atoms with Crippen LogP contribution < -0.4 is 10.1 Å². The minimum atomic E-state index is -0.977. The Bertz CT molecular complexity index is 1170. The maximum atomic E-state index is 12.5. The van der Waals surface area contributed by atoms with E-state index in [0.717, 1.165) is 50.3 Å². The van der Waals surface area contributed by atoms with Crippen LogP contribution in [-0.4, -0.2) is 23.6 Å². The Hall–Kier alpha value is -3.54. The second-order valence-corrected chi connectivity index (χ2v) is 7.52. The first-order valence-corrected chi connectivity index (χ1v) is 10.2. The van der Waals surface area contributed by atoms with Crippen molar-refractivity contribution in [2.45, 2.75) is 41.2 Å². The van der Waals surface area contributed by atoms with E-state index in [1.807, 2.05) is 40.7 Å². The van der Waals surface area contributed by atoms with Gasteiger partial charge in [-0.25, -0.2) is 4.79 Å². The van der Waals surface area contributed by atoms with E-state index in [2.05, 4.69) is 5.32 Å². The molecule has 162 valence electrons. The Morgan fingerprint density at radius 3 is 2.42 bits per heavy atom. The minimum Gasteiger partial charge on any atom is -0.493 e. The van der Waals surface area contributed by atoms with Crippen LogP contribution in [0.4, 0.5) is 0 Å². The number of hydrogen-bond acceptors (Lipinski definition) is 4. The molecule has 1 heterocycles. The zero-order valence-corrected chi connectivity index (χ0v) is 18.5. The number of carbonyl (C=O) groups is 2. The lowest BCUT2D eigenvalue weighted by molar-refractivity contribution is -0.116. The number of ether oxygens (including phenoxy) is 1. The highest BCUT2D eigenvalue weighted by Crippen LogP contribution is 2.38. The van der Waals surface area contributed by atoms with Gasteiger partial charge in [0.05, 0.1) is 12.2 Å². The first-order chi connectivity index (χ1) is 14.7. The summed E-state index contributed by atoms with van der Waals surface area (Å²) in [6.45, 7) is 10.5. The van der Waals surface area contributed by atoms with Gasteiger partial charge in [-0.3, -0.25) is 4.79 Å². The molecule has 3 rings (SSSR count). The third-order valence-corrected chi connectivity index (χ3v) is 5.38. The Morgan fingerprint density at radius 1 is 1.13 bits per heavy atom. The molecule has 6 nitrogen and oxygen atoms in total. The molecule has 3 aromatic rings. The zero-order valence-electron chi connectivity index (χ0n) is 18.5. The van der Waals surface area contributed by atoms with Gasteiger partial charge in [0.2, 0.25) is 5.91 Å². The Morgan fingerprint density at radius 2 is 1.81 bits per heavy atom. The number of aryl methyl sites for hydroxylation is 3. The zero-order chi connectivity index (χ0) is 22.7. The molecule has 0 fully saturated rings. The Balaban J connectivity index is 1.85. The minimum absolute atomic E-state index is 0.213. The van der Waals surface area contributed by atoms with E-state index >= 15 is 0 Å². The van der Waals surface area contributed by atoms with Crippen LogP contribution in [0.2, 0.25) is 0 Å². The third kappa shape index (κ3) is 4.63. The largest absolute Gasteiger partial charge is 0.493 e. The maximum Gasteiger partial charge on any atom is 0.335 e. The van der Waals surface area contributed by atoms with E-state index in [4.69, 9.17) is 14.3 Å². The van der Waals surface area contributed by atoms with Crippen molar-refractivity contribution in [2.24, 2.45) is 0 Å². The molecule has 0 spiro atoms. The fraction of sp³-hybridized carbons (Fsp3) is 0.280. The molecule has 2 N–H and O–H groups in total. The summed E-state index contributed by atoms with van der Waals surface area (Å²) in [5.74, 6) is 0.371. The van der Waals surface area contributed by atoms with E-state index in [1.165, 1.54) is 12.1 Å². The van der Waals surface area contributed by atoms with Gasteiger partial charge in [-0.05, 0) is 69.5 Å². The lowest BCUT2D eigenvalue weighted by Crippen LogP contribution is -2.20. The SMILES string of the molecule is CCOc1c(/C(C)=C/C(=O)NCc2ccc(C(=O)O)cc2)cc2c(C)c(C)oc2c1C. The van der Waals surface area contributed by atoms with Crippen LogP contribution in [0.3, 0.4) is 0 Å². The number of carbonyl (C=O) groups excluding carboxylic acids is 1. The lowest BCUT2D eigenvalue weighted by Gasteiger charge is -2.14. The second kappa shape index (κ2) is 9.08. The molecule has 0 aliphatic rings. The number of nitrogens with one attached hydrogen (secondary N) is 1. The third-order valence-electron chi connectivity index (χ3n) is 5.38. The van der Waals surface area contributed by atoms with Crippen molar-refractivity contribution >= 4 is 28.4 Å². The number of furan rings is 1. The number of fused-ring (bicyclic) bond motifs is 1. The van der Waals surface area contributed by atoms with Gasteiger partial charge in [0.25, 0.3) is 0 Å². The first-order valence-electron chi connectivity index (χ1n) is 10.2. The summed E-state index contributed by atoms with van der Waals surface area (Å²) in [6, 6.07) is 8.44. The summed E-state index contributed by atoms with van der Waals surface area (Å²) in [5.41, 5.74) is 5.47. The number of rotatable bonds is 7. The fourth-order valence-corrected chi connectivity index (χ4v) is 3.51. The average molecular weight is 421 g/mol. The molecular weight excluding hydrogens is 394 g/mol. The van der Waals surface area contributed by atoms with Crippen LogP contribution in [0.25, 0.3) is 16.5 Å². The highest BCUT2D eigenvalue weighted by Gasteiger charge is 2.18. The van der Waals surface area contributed by atoms with Crippen LogP contribution in [-0.2, 0) is 11.3 Å². The molecule has 0 radical (unpaired) electrons. The molecule has 0 atom stereocenters. The van der Waals surface area contributed by atoms with Crippen molar-refractivity contribution in [3.05, 3.63) is 70.0 Å². The van der Waals surface area contributed by atoms with Crippen molar-refractivity contribution in [3.8, 4) is 5.75 Å². The van der Waals surface area contributed by atoms with E-state index in [1.54, 1.807) is 18.2 Å². The number of carboxylic acids is 1. The van der Waals surface area contributed by atoms with Crippen molar-refractivity contribution in [2.75, 3.05) is 6.61 Å². The van der Waals surface area contributed by atoms with Gasteiger partial charge < -0.3 is 19.6 Å². The normalized spacial score (nSPS) is 11.6. The van der Waals surface area contributed by atoms with Crippen LogP contribution in [0, 0.1) is 20.8 Å². The van der Waals surface area contributed by atoms with Gasteiger partial charge in [-0.1, -0.05) is 12.1 Å². The summed E-state index contributed by atoms with van der Waals surface area (Å²) in [6.07, 6.45) is 1.55. The molecule has 31 heavy (non-hydrogen) atoms. The summed E-state index contributed by atoms with van der Waals surface area (Å²) >= 11 is 0. The summed E-state index contributed by atoms with van der Waals surface area (Å²) in [7, 11) is 0. The van der Waals surface area contributed by atoms with Gasteiger partial charge >= 0.3 is 5.97 Å². The van der Waals surface area contributed by atoms with Crippen LogP contribution in [0.1, 0.15) is 52.2 Å². The van der Waals surface area contributed by atoms with E-state index in [0.29, 0.717) is 13.2 Å². The number of benzene rings is 2. The van der Waals surface area contributed by atoms with Gasteiger partial charge in [0, 0.05) is 29.1 Å². The maximum absolute atomic E-state index is 12.5. The molecular formula is C25H27NO5. The summed E-state index contributed by atoms with van der Waals surface area (Å²) in [5, 5.41) is 12.8. The Kier molecular flexibility index (Phi) is 6.49. The number of carboxylic acid groups (broad SMARTS) is 1. The number of amides is 1. The van der Waals surface area contributed by atoms with Crippen molar-refractivity contribution in [3.63, 3.8) is 0 Å². The average Bonchev–Trinajstić information content (AvgIpc) is 3.03. The number of hydrogen-bond donors (Lipinski definition) is 2. The highest BCUT2D eigenvalue weighted by atomic mass is 16.5. The quantitative estimate of drug-likeness (QED) is 0.514. The number of aromatic carboxylic acids is 1. The van der Waals surface area contributed by atoms with Crippen LogP contribution in [0.5, 0.6) is 5.75 Å². The number of allylic oxidation sites excluding steroid dienone is 1. The standard InChI is InChI=1S/C25H27NO5/c1-6-30-23-16(4)24-21(15(3)17(5)31-24)12-20(23)14(2)11-22(27)26-13-18-7-9-19(10-8-18)25(28)29/h7-12H,6,13H2,1-5H3,(H,26,27)(H,28,29)/b14-11+. The smallest absolute Gasteiger partial charge is 0.335 e. The fourth-order valence-electron chi connectivity index (χ4n) is 3.51. The van der Waals surface area contributed by atoms with Crippen LogP contribution in [0.15, 0.2) is 40.8 Å². The van der Waals surface area contributed by atoms with Gasteiger partial charge in [0.1, 0.15) is 17.1 Å². The van der Waals surface area contributed by atoms with E-state index in [9.17, 15) is 9.59 Å². The molecule has 1 amide bonds. The van der Waals surface area contributed by atoms with Gasteiger partial charge in [0.15, 0.2) is 0 Å².